The maximum Gasteiger partial charge on any atom is 0.242 e. The van der Waals surface area contributed by atoms with Crippen LogP contribution in [0.4, 0.5) is 5.82 Å². The average molecular weight is 333 g/mol. The van der Waals surface area contributed by atoms with Crippen molar-refractivity contribution >= 4 is 17.6 Å². The van der Waals surface area contributed by atoms with E-state index in [2.05, 4.69) is 25.4 Å². The minimum absolute atomic E-state index is 0.111. The first-order chi connectivity index (χ1) is 11.6. The Kier molecular flexibility index (Phi) is 6.99. The Morgan fingerprint density at radius 1 is 1.25 bits per heavy atom. The van der Waals surface area contributed by atoms with Gasteiger partial charge in [-0.15, -0.1) is 0 Å². The van der Waals surface area contributed by atoms with E-state index in [-0.39, 0.29) is 11.8 Å². The largest absolute Gasteiger partial charge is 0.354 e. The number of nitrogens with zero attached hydrogens (tertiary/aromatic N) is 3. The van der Waals surface area contributed by atoms with Gasteiger partial charge in [-0.2, -0.15) is 0 Å². The second-order valence-corrected chi connectivity index (χ2v) is 6.03. The summed E-state index contributed by atoms with van der Waals surface area (Å²) < 4.78 is 0. The molecule has 132 valence electrons. The van der Waals surface area contributed by atoms with Crippen molar-refractivity contribution in [3.05, 3.63) is 24.4 Å². The van der Waals surface area contributed by atoms with E-state index in [1.54, 1.807) is 13.1 Å². The highest BCUT2D eigenvalue weighted by Crippen LogP contribution is 2.12. The zero-order valence-corrected chi connectivity index (χ0v) is 14.5. The molecular formula is C17H27N5O2. The normalized spacial score (nSPS) is 16.5. The maximum atomic E-state index is 12.1. The number of amides is 2. The van der Waals surface area contributed by atoms with Crippen LogP contribution in [0.5, 0.6) is 0 Å². The summed E-state index contributed by atoms with van der Waals surface area (Å²) in [5, 5.41) is 5.54. The Bertz CT molecular complexity index is 529. The second-order valence-electron chi connectivity index (χ2n) is 6.03. The zero-order chi connectivity index (χ0) is 17.4. The summed E-state index contributed by atoms with van der Waals surface area (Å²) in [6.07, 6.45) is 2.67. The molecule has 2 heterocycles. The fourth-order valence-corrected chi connectivity index (χ4v) is 2.63. The van der Waals surface area contributed by atoms with E-state index in [1.807, 2.05) is 25.1 Å². The molecule has 1 atom stereocenters. The first kappa shape index (κ1) is 18.2. The fraction of sp³-hybridized carbons (Fsp3) is 0.588. The lowest BCUT2D eigenvalue weighted by molar-refractivity contribution is -0.129. The van der Waals surface area contributed by atoms with Gasteiger partial charge in [-0.1, -0.05) is 13.0 Å². The quantitative estimate of drug-likeness (QED) is 0.747. The number of hydrogen-bond donors (Lipinski definition) is 2. The third-order valence-electron chi connectivity index (χ3n) is 4.03. The lowest BCUT2D eigenvalue weighted by atomic mass is 10.2. The highest BCUT2D eigenvalue weighted by molar-refractivity contribution is 5.87. The third-order valence-corrected chi connectivity index (χ3v) is 4.03. The van der Waals surface area contributed by atoms with Crippen molar-refractivity contribution in [3.63, 3.8) is 0 Å². The molecule has 0 bridgehead atoms. The zero-order valence-electron chi connectivity index (χ0n) is 14.5. The summed E-state index contributed by atoms with van der Waals surface area (Å²) >= 11 is 0. The lowest BCUT2D eigenvalue weighted by Gasteiger charge is -2.35. The molecule has 2 amide bonds. The van der Waals surface area contributed by atoms with Crippen LogP contribution in [-0.4, -0.2) is 67.0 Å². The number of pyridine rings is 1. The molecule has 0 saturated carbocycles. The molecule has 1 saturated heterocycles. The molecule has 7 nitrogen and oxygen atoms in total. The number of carbonyl (C=O) groups is 2. The minimum Gasteiger partial charge on any atom is -0.354 e. The van der Waals surface area contributed by atoms with Crippen LogP contribution in [0, 0.1) is 0 Å². The predicted molar refractivity (Wildman–Crippen MR) is 93.8 cm³/mol. The van der Waals surface area contributed by atoms with Gasteiger partial charge < -0.3 is 15.5 Å². The third kappa shape index (κ3) is 5.49. The first-order valence-electron chi connectivity index (χ1n) is 8.55. The summed E-state index contributed by atoms with van der Waals surface area (Å²) in [6, 6.07) is 5.38. The van der Waals surface area contributed by atoms with Gasteiger partial charge in [0.05, 0.1) is 6.54 Å². The van der Waals surface area contributed by atoms with Crippen molar-refractivity contribution in [1.29, 1.82) is 0 Å². The van der Waals surface area contributed by atoms with Crippen LogP contribution in [0.2, 0.25) is 0 Å². The number of rotatable bonds is 7. The minimum atomic E-state index is -0.501. The van der Waals surface area contributed by atoms with Crippen LogP contribution in [-0.2, 0) is 9.59 Å². The summed E-state index contributed by atoms with van der Waals surface area (Å²) in [6.45, 7) is 7.96. The molecule has 7 heteroatoms. The standard InChI is InChI=1S/C17H27N5O2/c1-3-7-19-17(24)14(2)20-16(23)13-21-9-11-22(12-10-21)15-6-4-5-8-18-15/h4-6,8,14H,3,7,9-13H2,1-2H3,(H,19,24)(H,20,23)/t14-/m1/s1. The lowest BCUT2D eigenvalue weighted by Crippen LogP contribution is -2.52. The topological polar surface area (TPSA) is 77.6 Å². The molecule has 1 aliphatic rings. The van der Waals surface area contributed by atoms with Gasteiger partial charge in [0.2, 0.25) is 11.8 Å². The fourth-order valence-electron chi connectivity index (χ4n) is 2.63. The molecule has 2 rings (SSSR count). The van der Waals surface area contributed by atoms with Crippen LogP contribution in [0.15, 0.2) is 24.4 Å². The van der Waals surface area contributed by atoms with Gasteiger partial charge in [-0.25, -0.2) is 4.98 Å². The Labute approximate surface area is 143 Å². The van der Waals surface area contributed by atoms with E-state index in [0.717, 1.165) is 38.4 Å². The van der Waals surface area contributed by atoms with Crippen molar-refractivity contribution in [1.82, 2.24) is 20.5 Å². The molecule has 0 unspecified atom stereocenters. The van der Waals surface area contributed by atoms with E-state index < -0.39 is 6.04 Å². The summed E-state index contributed by atoms with van der Waals surface area (Å²) in [4.78, 5) is 32.5. The Hall–Kier alpha value is -2.15. The van der Waals surface area contributed by atoms with Crippen LogP contribution in [0.1, 0.15) is 20.3 Å². The molecular weight excluding hydrogens is 306 g/mol. The van der Waals surface area contributed by atoms with Crippen molar-refractivity contribution in [3.8, 4) is 0 Å². The highest BCUT2D eigenvalue weighted by atomic mass is 16.2. The van der Waals surface area contributed by atoms with Crippen LogP contribution in [0.25, 0.3) is 0 Å². The molecule has 2 N–H and O–H groups in total. The monoisotopic (exact) mass is 333 g/mol. The Balaban J connectivity index is 1.71. The number of carbonyl (C=O) groups excluding carboxylic acids is 2. The smallest absolute Gasteiger partial charge is 0.242 e. The maximum absolute atomic E-state index is 12.1. The van der Waals surface area contributed by atoms with Gasteiger partial charge in [0.25, 0.3) is 0 Å². The molecule has 1 aromatic rings. The summed E-state index contributed by atoms with van der Waals surface area (Å²) in [5.74, 6) is 0.730. The van der Waals surface area contributed by atoms with Crippen molar-refractivity contribution in [2.75, 3.05) is 44.2 Å². The van der Waals surface area contributed by atoms with Gasteiger partial charge in [0.1, 0.15) is 11.9 Å². The molecule has 1 aliphatic heterocycles. The van der Waals surface area contributed by atoms with Gasteiger partial charge >= 0.3 is 0 Å². The van der Waals surface area contributed by atoms with E-state index in [1.165, 1.54) is 0 Å². The summed E-state index contributed by atoms with van der Waals surface area (Å²) in [7, 11) is 0. The number of nitrogens with one attached hydrogen (secondary N) is 2. The molecule has 0 spiro atoms. The average Bonchev–Trinajstić information content (AvgIpc) is 2.61. The van der Waals surface area contributed by atoms with Crippen LogP contribution < -0.4 is 15.5 Å². The number of anilines is 1. The highest BCUT2D eigenvalue weighted by Gasteiger charge is 2.21. The number of hydrogen-bond acceptors (Lipinski definition) is 5. The van der Waals surface area contributed by atoms with Crippen LogP contribution in [0.3, 0.4) is 0 Å². The van der Waals surface area contributed by atoms with Crippen LogP contribution >= 0.6 is 0 Å². The van der Waals surface area contributed by atoms with Gasteiger partial charge in [-0.05, 0) is 25.5 Å². The van der Waals surface area contributed by atoms with Gasteiger partial charge in [-0.3, -0.25) is 14.5 Å². The number of piperazine rings is 1. The van der Waals surface area contributed by atoms with Gasteiger partial charge in [0, 0.05) is 38.9 Å². The van der Waals surface area contributed by atoms with Crippen molar-refractivity contribution < 1.29 is 9.59 Å². The SMILES string of the molecule is CCCNC(=O)[C@@H](C)NC(=O)CN1CCN(c2ccccn2)CC1. The van der Waals surface area contributed by atoms with E-state index in [9.17, 15) is 9.59 Å². The first-order valence-corrected chi connectivity index (χ1v) is 8.55. The molecule has 0 aliphatic carbocycles. The molecule has 24 heavy (non-hydrogen) atoms. The number of aromatic nitrogens is 1. The molecule has 0 radical (unpaired) electrons. The van der Waals surface area contributed by atoms with Crippen molar-refractivity contribution in [2.24, 2.45) is 0 Å². The van der Waals surface area contributed by atoms with Gasteiger partial charge in [0.15, 0.2) is 0 Å². The molecule has 1 aromatic heterocycles. The molecule has 1 fully saturated rings. The Morgan fingerprint density at radius 2 is 2.00 bits per heavy atom. The molecule has 0 aromatic carbocycles. The summed E-state index contributed by atoms with van der Waals surface area (Å²) in [5.41, 5.74) is 0. The van der Waals surface area contributed by atoms with E-state index in [0.29, 0.717) is 13.1 Å². The Morgan fingerprint density at radius 3 is 2.62 bits per heavy atom. The van der Waals surface area contributed by atoms with E-state index >= 15 is 0 Å². The van der Waals surface area contributed by atoms with E-state index in [4.69, 9.17) is 0 Å². The van der Waals surface area contributed by atoms with Crippen molar-refractivity contribution in [2.45, 2.75) is 26.3 Å². The predicted octanol–water partition coefficient (Wildman–Crippen LogP) is 0.235. The second kappa shape index (κ2) is 9.22.